The van der Waals surface area contributed by atoms with E-state index in [1.165, 1.54) is 30.6 Å². The molecule has 0 radical (unpaired) electrons. The summed E-state index contributed by atoms with van der Waals surface area (Å²) in [5.74, 6) is -0.445. The molecule has 0 aliphatic rings. The fraction of sp³-hybridized carbons (Fsp3) is 0.500. The van der Waals surface area contributed by atoms with Crippen molar-refractivity contribution in [1.82, 2.24) is 9.71 Å². The van der Waals surface area contributed by atoms with Gasteiger partial charge < -0.3 is 14.7 Å². The molecule has 0 saturated heterocycles. The fourth-order valence-electron chi connectivity index (χ4n) is 0.823. The molecule has 1 heterocycles. The van der Waals surface area contributed by atoms with Gasteiger partial charge in [-0.2, -0.15) is 4.73 Å². The highest BCUT2D eigenvalue weighted by Gasteiger charge is 2.08. The number of imidazole rings is 1. The molecule has 0 aliphatic carbocycles. The van der Waals surface area contributed by atoms with Gasteiger partial charge in [0.25, 0.3) is 0 Å². The first-order chi connectivity index (χ1) is 6.72. The van der Waals surface area contributed by atoms with Gasteiger partial charge in [-0.25, -0.2) is 9.78 Å². The molecule has 0 amide bonds. The van der Waals surface area contributed by atoms with E-state index in [9.17, 15) is 4.79 Å². The van der Waals surface area contributed by atoms with Crippen LogP contribution in [0.15, 0.2) is 18.7 Å². The Morgan fingerprint density at radius 1 is 1.71 bits per heavy atom. The number of rotatable bonds is 5. The highest BCUT2D eigenvalue weighted by atomic mass is 16.7. The molecular weight excluding hydrogens is 188 g/mol. The predicted octanol–water partition coefficient (Wildman–Crippen LogP) is -0.417. The molecule has 1 unspecified atom stereocenters. The largest absolute Gasteiger partial charge is 0.368 e. The maximum absolute atomic E-state index is 11.1. The molecule has 0 aromatic carbocycles. The molecule has 0 aliphatic heterocycles. The average molecular weight is 200 g/mol. The van der Waals surface area contributed by atoms with Crippen LogP contribution in [0.25, 0.3) is 0 Å². The van der Waals surface area contributed by atoms with Gasteiger partial charge in [0, 0.05) is 19.7 Å². The van der Waals surface area contributed by atoms with E-state index >= 15 is 0 Å². The molecule has 1 rings (SSSR count). The summed E-state index contributed by atoms with van der Waals surface area (Å²) in [5.41, 5.74) is 0. The topological polar surface area (TPSA) is 73.6 Å². The third-order valence-corrected chi connectivity index (χ3v) is 1.55. The van der Waals surface area contributed by atoms with Crippen molar-refractivity contribution >= 4 is 5.97 Å². The number of methoxy groups -OCH3 is 1. The number of carbonyl (C=O) groups is 1. The van der Waals surface area contributed by atoms with Gasteiger partial charge in [0.15, 0.2) is 6.29 Å². The summed E-state index contributed by atoms with van der Waals surface area (Å²) >= 11 is 0. The summed E-state index contributed by atoms with van der Waals surface area (Å²) in [4.78, 5) is 19.6. The summed E-state index contributed by atoms with van der Waals surface area (Å²) in [6, 6.07) is 0. The van der Waals surface area contributed by atoms with E-state index in [1.807, 2.05) is 0 Å². The number of carbonyl (C=O) groups excluding carboxylic acids is 1. The van der Waals surface area contributed by atoms with Gasteiger partial charge in [0.2, 0.25) is 0 Å². The number of aliphatic hydroxyl groups excluding tert-OH is 1. The van der Waals surface area contributed by atoms with E-state index < -0.39 is 12.3 Å². The standard InChI is InChI=1S/C8H12N2O4/c1-13-7(11)2-3-8(12)14-10-5-4-9-6-10/h4-7,11H,2-3H2,1H3. The van der Waals surface area contributed by atoms with Crippen molar-refractivity contribution in [3.05, 3.63) is 18.7 Å². The minimum atomic E-state index is -0.926. The SMILES string of the molecule is COC(O)CCC(=O)On1ccnc1. The van der Waals surface area contributed by atoms with Crippen LogP contribution in [0.3, 0.4) is 0 Å². The second kappa shape index (κ2) is 5.36. The summed E-state index contributed by atoms with van der Waals surface area (Å²) in [6.07, 6.45) is 3.74. The lowest BCUT2D eigenvalue weighted by atomic mass is 10.3. The van der Waals surface area contributed by atoms with Crippen molar-refractivity contribution < 1.29 is 19.5 Å². The van der Waals surface area contributed by atoms with E-state index in [0.29, 0.717) is 0 Å². The number of aliphatic hydroxyl groups is 1. The maximum Gasteiger partial charge on any atom is 0.333 e. The van der Waals surface area contributed by atoms with Crippen LogP contribution in [0.2, 0.25) is 0 Å². The van der Waals surface area contributed by atoms with Crippen molar-refractivity contribution in [3.8, 4) is 0 Å². The Hall–Kier alpha value is -1.40. The van der Waals surface area contributed by atoms with Crippen LogP contribution < -0.4 is 4.84 Å². The van der Waals surface area contributed by atoms with Gasteiger partial charge in [-0.05, 0) is 0 Å². The van der Waals surface area contributed by atoms with Gasteiger partial charge in [0.1, 0.15) is 6.33 Å². The van der Waals surface area contributed by atoms with Crippen LogP contribution >= 0.6 is 0 Å². The van der Waals surface area contributed by atoms with Gasteiger partial charge in [0.05, 0.1) is 12.6 Å². The Kier molecular flexibility index (Phi) is 4.09. The van der Waals surface area contributed by atoms with Crippen molar-refractivity contribution in [2.45, 2.75) is 19.1 Å². The number of aromatic nitrogens is 2. The van der Waals surface area contributed by atoms with Crippen LogP contribution in [-0.2, 0) is 9.53 Å². The third kappa shape index (κ3) is 3.55. The van der Waals surface area contributed by atoms with Crippen LogP contribution in [0.1, 0.15) is 12.8 Å². The van der Waals surface area contributed by atoms with Gasteiger partial charge in [-0.3, -0.25) is 0 Å². The van der Waals surface area contributed by atoms with Gasteiger partial charge >= 0.3 is 5.97 Å². The van der Waals surface area contributed by atoms with Crippen LogP contribution in [0.4, 0.5) is 0 Å². The Labute approximate surface area is 81.0 Å². The number of hydrogen-bond acceptors (Lipinski definition) is 5. The first kappa shape index (κ1) is 10.7. The van der Waals surface area contributed by atoms with Crippen molar-refractivity contribution in [1.29, 1.82) is 0 Å². The first-order valence-electron chi connectivity index (χ1n) is 4.12. The zero-order chi connectivity index (χ0) is 10.4. The molecule has 6 heteroatoms. The Morgan fingerprint density at radius 3 is 3.07 bits per heavy atom. The molecule has 0 bridgehead atoms. The van der Waals surface area contributed by atoms with E-state index in [-0.39, 0.29) is 12.8 Å². The minimum absolute atomic E-state index is 0.0905. The summed E-state index contributed by atoms with van der Waals surface area (Å²) < 4.78 is 5.76. The molecule has 0 spiro atoms. The lowest BCUT2D eigenvalue weighted by molar-refractivity contribution is -0.147. The Balaban J connectivity index is 2.23. The van der Waals surface area contributed by atoms with E-state index in [4.69, 9.17) is 9.94 Å². The summed E-state index contributed by atoms with van der Waals surface area (Å²) in [7, 11) is 1.37. The maximum atomic E-state index is 11.1. The smallest absolute Gasteiger partial charge is 0.333 e. The molecule has 1 aromatic heterocycles. The van der Waals surface area contributed by atoms with E-state index in [0.717, 1.165) is 0 Å². The highest BCUT2D eigenvalue weighted by Crippen LogP contribution is 1.98. The molecule has 0 saturated carbocycles. The second-order valence-electron chi connectivity index (χ2n) is 2.61. The average Bonchev–Trinajstić information content (AvgIpc) is 2.66. The lowest BCUT2D eigenvalue weighted by Crippen LogP contribution is -2.20. The van der Waals surface area contributed by atoms with Gasteiger partial charge in [-0.15, -0.1) is 0 Å². The third-order valence-electron chi connectivity index (χ3n) is 1.55. The number of nitrogens with zero attached hydrogens (tertiary/aromatic N) is 2. The van der Waals surface area contributed by atoms with Crippen LogP contribution in [0.5, 0.6) is 0 Å². The summed E-state index contributed by atoms with van der Waals surface area (Å²) in [6.45, 7) is 0. The van der Waals surface area contributed by atoms with Crippen molar-refractivity contribution in [2.75, 3.05) is 7.11 Å². The monoisotopic (exact) mass is 200 g/mol. The van der Waals surface area contributed by atoms with Crippen LogP contribution in [0, 0.1) is 0 Å². The molecule has 1 atom stereocenters. The molecule has 0 fully saturated rings. The normalized spacial score (nSPS) is 12.4. The van der Waals surface area contributed by atoms with Crippen molar-refractivity contribution in [2.24, 2.45) is 0 Å². The zero-order valence-corrected chi connectivity index (χ0v) is 7.79. The lowest BCUT2D eigenvalue weighted by Gasteiger charge is -2.07. The molecule has 14 heavy (non-hydrogen) atoms. The summed E-state index contributed by atoms with van der Waals surface area (Å²) in [5, 5.41) is 8.98. The predicted molar refractivity (Wildman–Crippen MR) is 46.1 cm³/mol. The van der Waals surface area contributed by atoms with E-state index in [1.54, 1.807) is 0 Å². The highest BCUT2D eigenvalue weighted by molar-refractivity contribution is 5.69. The van der Waals surface area contributed by atoms with E-state index in [2.05, 4.69) is 9.72 Å². The van der Waals surface area contributed by atoms with Crippen molar-refractivity contribution in [3.63, 3.8) is 0 Å². The Bertz CT molecular complexity index is 273. The molecular formula is C8H12N2O4. The number of ether oxygens (including phenoxy) is 1. The molecule has 1 N–H and O–H groups in total. The minimum Gasteiger partial charge on any atom is -0.368 e. The number of hydrogen-bond donors (Lipinski definition) is 1. The molecule has 78 valence electrons. The molecule has 1 aromatic rings. The quantitative estimate of drug-likeness (QED) is 0.654. The second-order valence-corrected chi connectivity index (χ2v) is 2.61. The molecule has 6 nitrogen and oxygen atoms in total. The van der Waals surface area contributed by atoms with Crippen LogP contribution in [-0.4, -0.2) is 34.2 Å². The Morgan fingerprint density at radius 2 is 2.50 bits per heavy atom. The first-order valence-corrected chi connectivity index (χ1v) is 4.12. The fourth-order valence-corrected chi connectivity index (χ4v) is 0.823. The van der Waals surface area contributed by atoms with Gasteiger partial charge in [-0.1, -0.05) is 0 Å². The zero-order valence-electron chi connectivity index (χ0n) is 7.79.